The van der Waals surface area contributed by atoms with Crippen molar-refractivity contribution in [3.63, 3.8) is 0 Å². The number of hydrogen-bond donors (Lipinski definition) is 0. The summed E-state index contributed by atoms with van der Waals surface area (Å²) in [5.41, 5.74) is 4.16. The zero-order valence-corrected chi connectivity index (χ0v) is 22.7. The molecule has 0 spiro atoms. The van der Waals surface area contributed by atoms with Crippen molar-refractivity contribution in [2.24, 2.45) is 0 Å². The zero-order valence-electron chi connectivity index (χ0n) is 21.8. The first-order valence-electron chi connectivity index (χ1n) is 13.0. The number of rotatable bonds is 7. The molecule has 0 aromatic heterocycles. The summed E-state index contributed by atoms with van der Waals surface area (Å²) in [6.45, 7) is 4.49. The fraction of sp³-hybridized carbons (Fsp3) is 0.400. The Hall–Kier alpha value is -2.71. The van der Waals surface area contributed by atoms with Crippen molar-refractivity contribution in [2.75, 3.05) is 40.5 Å². The monoisotopic (exact) mass is 520 g/mol. The first-order chi connectivity index (χ1) is 18.0. The van der Waals surface area contributed by atoms with Crippen LogP contribution in [0.5, 0.6) is 5.75 Å². The van der Waals surface area contributed by atoms with E-state index in [9.17, 15) is 8.42 Å². The molecule has 2 aliphatic rings. The summed E-state index contributed by atoms with van der Waals surface area (Å²) < 4.78 is 40.4. The Morgan fingerprint density at radius 2 is 1.59 bits per heavy atom. The Bertz CT molecular complexity index is 1330. The van der Waals surface area contributed by atoms with Crippen molar-refractivity contribution in [1.82, 2.24) is 9.21 Å². The number of ether oxygens (including phenoxy) is 2. The molecule has 0 aliphatic carbocycles. The number of hydrogen-bond acceptors (Lipinski definition) is 5. The molecule has 37 heavy (non-hydrogen) atoms. The van der Waals surface area contributed by atoms with E-state index < -0.39 is 10.0 Å². The SMILES string of the molecule is COCC1[C@@H](c2ccc(-c3ccccc3OC)cc2)[C@@H]2CN(S(=O)(=O)c3ccccc3C)CCCCN12. The van der Waals surface area contributed by atoms with Gasteiger partial charge in [-0.05, 0) is 55.1 Å². The second-order valence-corrected chi connectivity index (χ2v) is 11.9. The molecule has 6 nitrogen and oxygen atoms in total. The predicted molar refractivity (Wildman–Crippen MR) is 147 cm³/mol. The van der Waals surface area contributed by atoms with Gasteiger partial charge in [-0.2, -0.15) is 4.31 Å². The van der Waals surface area contributed by atoms with Gasteiger partial charge in [0.05, 0.1) is 18.6 Å². The minimum atomic E-state index is -3.58. The molecule has 2 heterocycles. The van der Waals surface area contributed by atoms with Crippen molar-refractivity contribution in [1.29, 1.82) is 0 Å². The maximum Gasteiger partial charge on any atom is 0.243 e. The lowest BCUT2D eigenvalue weighted by molar-refractivity contribution is -0.0635. The van der Waals surface area contributed by atoms with Crippen molar-refractivity contribution in [2.45, 2.75) is 42.7 Å². The number of fused-ring (bicyclic) bond motifs is 1. The predicted octanol–water partition coefficient (Wildman–Crippen LogP) is 4.94. The molecule has 0 N–H and O–H groups in total. The Kier molecular flexibility index (Phi) is 7.67. The number of benzene rings is 3. The molecule has 0 radical (unpaired) electrons. The molecule has 7 heteroatoms. The molecule has 3 aromatic rings. The van der Waals surface area contributed by atoms with E-state index in [4.69, 9.17) is 9.47 Å². The molecule has 0 amide bonds. The number of sulfonamides is 1. The van der Waals surface area contributed by atoms with Gasteiger partial charge in [-0.25, -0.2) is 8.42 Å². The normalized spacial score (nSPS) is 22.9. The quantitative estimate of drug-likeness (QED) is 0.442. The topological polar surface area (TPSA) is 59.1 Å². The number of para-hydroxylation sites is 1. The van der Waals surface area contributed by atoms with E-state index in [2.05, 4.69) is 35.2 Å². The summed E-state index contributed by atoms with van der Waals surface area (Å²) in [6, 6.07) is 24.3. The van der Waals surface area contributed by atoms with Crippen LogP contribution in [0.2, 0.25) is 0 Å². The molecule has 196 valence electrons. The van der Waals surface area contributed by atoms with Crippen LogP contribution in [0, 0.1) is 6.92 Å². The highest BCUT2D eigenvalue weighted by Gasteiger charge is 2.50. The van der Waals surface area contributed by atoms with Gasteiger partial charge in [0.2, 0.25) is 10.0 Å². The van der Waals surface area contributed by atoms with E-state index in [0.29, 0.717) is 24.6 Å². The summed E-state index contributed by atoms with van der Waals surface area (Å²) in [5.74, 6) is 1.04. The third-order valence-electron chi connectivity index (χ3n) is 7.91. The van der Waals surface area contributed by atoms with Gasteiger partial charge in [-0.1, -0.05) is 60.7 Å². The van der Waals surface area contributed by atoms with Gasteiger partial charge >= 0.3 is 0 Å². The lowest BCUT2D eigenvalue weighted by Crippen LogP contribution is -2.68. The lowest BCUT2D eigenvalue weighted by Gasteiger charge is -2.57. The minimum absolute atomic E-state index is 0.108. The Morgan fingerprint density at radius 3 is 2.32 bits per heavy atom. The lowest BCUT2D eigenvalue weighted by atomic mass is 9.74. The van der Waals surface area contributed by atoms with Crippen molar-refractivity contribution in [3.8, 4) is 16.9 Å². The Labute approximate surface area is 220 Å². The van der Waals surface area contributed by atoms with Crippen molar-refractivity contribution in [3.05, 3.63) is 83.9 Å². The van der Waals surface area contributed by atoms with Gasteiger partial charge in [-0.15, -0.1) is 0 Å². The fourth-order valence-electron chi connectivity index (χ4n) is 6.03. The van der Waals surface area contributed by atoms with Gasteiger partial charge < -0.3 is 9.47 Å². The number of nitrogens with zero attached hydrogens (tertiary/aromatic N) is 2. The maximum absolute atomic E-state index is 13.7. The molecule has 1 unspecified atom stereocenters. The van der Waals surface area contributed by atoms with Gasteiger partial charge in [-0.3, -0.25) is 4.90 Å². The van der Waals surface area contributed by atoms with Crippen LogP contribution in [0.15, 0.2) is 77.7 Å². The highest BCUT2D eigenvalue weighted by Crippen LogP contribution is 2.43. The van der Waals surface area contributed by atoms with Gasteiger partial charge in [0.1, 0.15) is 5.75 Å². The molecule has 0 saturated carbocycles. The van der Waals surface area contributed by atoms with Gasteiger partial charge in [0.25, 0.3) is 0 Å². The van der Waals surface area contributed by atoms with E-state index in [1.165, 1.54) is 5.56 Å². The average molecular weight is 521 g/mol. The van der Waals surface area contributed by atoms with E-state index in [1.807, 2.05) is 37.3 Å². The van der Waals surface area contributed by atoms with E-state index >= 15 is 0 Å². The van der Waals surface area contributed by atoms with Crippen molar-refractivity contribution < 1.29 is 17.9 Å². The van der Waals surface area contributed by atoms with Crippen LogP contribution in [0.25, 0.3) is 11.1 Å². The van der Waals surface area contributed by atoms with Crippen LogP contribution in [0.3, 0.4) is 0 Å². The number of methoxy groups -OCH3 is 2. The Balaban J connectivity index is 1.45. The second kappa shape index (κ2) is 11.0. The molecule has 3 atom stereocenters. The Morgan fingerprint density at radius 1 is 0.892 bits per heavy atom. The fourth-order valence-corrected chi connectivity index (χ4v) is 7.75. The molecule has 5 rings (SSSR count). The summed E-state index contributed by atoms with van der Waals surface area (Å²) in [5, 5.41) is 0. The zero-order chi connectivity index (χ0) is 26.0. The van der Waals surface area contributed by atoms with Crippen LogP contribution in [0.4, 0.5) is 0 Å². The minimum Gasteiger partial charge on any atom is -0.496 e. The van der Waals surface area contributed by atoms with Crippen LogP contribution in [0.1, 0.15) is 29.9 Å². The summed E-state index contributed by atoms with van der Waals surface area (Å²) in [4.78, 5) is 2.87. The molecule has 2 aliphatic heterocycles. The molecule has 2 fully saturated rings. The second-order valence-electron chi connectivity index (χ2n) is 10.0. The molecule has 2 saturated heterocycles. The van der Waals surface area contributed by atoms with Crippen molar-refractivity contribution >= 4 is 10.0 Å². The smallest absolute Gasteiger partial charge is 0.243 e. The first-order valence-corrected chi connectivity index (χ1v) is 14.4. The van der Waals surface area contributed by atoms with Gasteiger partial charge in [0.15, 0.2) is 0 Å². The van der Waals surface area contributed by atoms with E-state index in [-0.39, 0.29) is 18.0 Å². The summed E-state index contributed by atoms with van der Waals surface area (Å²) in [6.07, 6.45) is 1.82. The highest BCUT2D eigenvalue weighted by atomic mass is 32.2. The third kappa shape index (κ3) is 4.93. The molecular weight excluding hydrogens is 484 g/mol. The van der Waals surface area contributed by atoms with Crippen LogP contribution < -0.4 is 4.74 Å². The average Bonchev–Trinajstić information content (AvgIpc) is 2.90. The summed E-state index contributed by atoms with van der Waals surface area (Å²) >= 11 is 0. The standard InChI is InChI=1S/C30H36N2O4S/c1-22-10-4-7-13-29(22)37(33,34)31-18-8-9-19-32-26(20-31)30(27(32)21-35-2)24-16-14-23(15-17-24)25-11-5-6-12-28(25)36-3/h4-7,10-17,26-27,30H,8-9,18-21H2,1-3H3/t26-,27?,30-/m0/s1. The van der Waals surface area contributed by atoms with E-state index in [1.54, 1.807) is 30.7 Å². The first kappa shape index (κ1) is 25.9. The van der Waals surface area contributed by atoms with E-state index in [0.717, 1.165) is 41.8 Å². The molecular formula is C30H36N2O4S. The molecule has 3 aromatic carbocycles. The number of aryl methyl sites for hydroxylation is 1. The van der Waals surface area contributed by atoms with Crippen LogP contribution in [-0.4, -0.2) is 70.2 Å². The van der Waals surface area contributed by atoms with Crippen LogP contribution in [-0.2, 0) is 14.8 Å². The van der Waals surface area contributed by atoms with Gasteiger partial charge in [0, 0.05) is 43.8 Å². The largest absolute Gasteiger partial charge is 0.496 e. The summed E-state index contributed by atoms with van der Waals surface area (Å²) in [7, 11) is -0.143. The maximum atomic E-state index is 13.7. The molecule has 0 bridgehead atoms. The highest BCUT2D eigenvalue weighted by molar-refractivity contribution is 7.89. The van der Waals surface area contributed by atoms with Crippen LogP contribution >= 0.6 is 0 Å². The third-order valence-corrected chi connectivity index (χ3v) is 9.93.